The minimum atomic E-state index is -0.263. The third kappa shape index (κ3) is 1.02. The van der Waals surface area contributed by atoms with E-state index in [1.54, 1.807) is 6.08 Å². The zero-order valence-electron chi connectivity index (χ0n) is 5.47. The van der Waals surface area contributed by atoms with Crippen molar-refractivity contribution in [1.82, 2.24) is 0 Å². The first-order valence-electron chi connectivity index (χ1n) is 2.81. The molecule has 0 radical (unpaired) electrons. The van der Waals surface area contributed by atoms with Crippen molar-refractivity contribution in [2.45, 2.75) is 13.8 Å². The van der Waals surface area contributed by atoms with Crippen molar-refractivity contribution >= 4 is 5.97 Å². The number of hydrogen-bond donors (Lipinski definition) is 0. The van der Waals surface area contributed by atoms with Gasteiger partial charge in [0.05, 0.1) is 0 Å². The van der Waals surface area contributed by atoms with Crippen LogP contribution < -0.4 is 0 Å². The third-order valence-corrected chi connectivity index (χ3v) is 1.20. The molecular formula is C7H8O2. The number of rotatable bonds is 0. The van der Waals surface area contributed by atoms with E-state index in [2.05, 4.69) is 0 Å². The molecule has 0 fully saturated rings. The summed E-state index contributed by atoms with van der Waals surface area (Å²) < 4.78 is 4.75. The van der Waals surface area contributed by atoms with Crippen LogP contribution in [0.2, 0.25) is 0 Å². The fourth-order valence-corrected chi connectivity index (χ4v) is 0.753. The van der Waals surface area contributed by atoms with E-state index >= 15 is 0 Å². The molecule has 0 spiro atoms. The third-order valence-electron chi connectivity index (χ3n) is 1.20. The van der Waals surface area contributed by atoms with E-state index in [9.17, 15) is 4.79 Å². The molecule has 1 aliphatic heterocycles. The van der Waals surface area contributed by atoms with Crippen LogP contribution in [-0.2, 0) is 9.53 Å². The lowest BCUT2D eigenvalue weighted by molar-refractivity contribution is -0.132. The second-order valence-electron chi connectivity index (χ2n) is 1.90. The fraction of sp³-hybridized carbons (Fsp3) is 0.286. The summed E-state index contributed by atoms with van der Waals surface area (Å²) in [6.07, 6.45) is 3.26. The SMILES string of the molecule is C/C=C1\OC(=O)C=C1C. The molecule has 0 saturated carbocycles. The molecule has 1 aliphatic rings. The fourth-order valence-electron chi connectivity index (χ4n) is 0.753. The molecule has 0 atom stereocenters. The van der Waals surface area contributed by atoms with E-state index in [-0.39, 0.29) is 5.97 Å². The van der Waals surface area contributed by atoms with Gasteiger partial charge in [-0.2, -0.15) is 0 Å². The summed E-state index contributed by atoms with van der Waals surface area (Å²) in [7, 11) is 0. The quantitative estimate of drug-likeness (QED) is 0.456. The highest BCUT2D eigenvalue weighted by Gasteiger charge is 2.13. The number of allylic oxidation sites excluding steroid dienone is 2. The van der Waals surface area contributed by atoms with Crippen LogP contribution in [0.15, 0.2) is 23.5 Å². The minimum absolute atomic E-state index is 0.263. The van der Waals surface area contributed by atoms with Gasteiger partial charge in [-0.05, 0) is 25.5 Å². The second kappa shape index (κ2) is 2.05. The van der Waals surface area contributed by atoms with Gasteiger partial charge < -0.3 is 4.74 Å². The molecular weight excluding hydrogens is 116 g/mol. The van der Waals surface area contributed by atoms with Gasteiger partial charge in [0.25, 0.3) is 0 Å². The van der Waals surface area contributed by atoms with Crippen molar-refractivity contribution in [3.63, 3.8) is 0 Å². The Morgan fingerprint density at radius 2 is 2.33 bits per heavy atom. The van der Waals surface area contributed by atoms with E-state index in [0.29, 0.717) is 5.76 Å². The Kier molecular flexibility index (Phi) is 1.39. The summed E-state index contributed by atoms with van der Waals surface area (Å²) >= 11 is 0. The van der Waals surface area contributed by atoms with Gasteiger partial charge in [-0.1, -0.05) is 0 Å². The predicted octanol–water partition coefficient (Wildman–Crippen LogP) is 1.39. The van der Waals surface area contributed by atoms with Crippen LogP contribution in [0.4, 0.5) is 0 Å². The van der Waals surface area contributed by atoms with Crippen LogP contribution in [0, 0.1) is 0 Å². The van der Waals surface area contributed by atoms with Crippen molar-refractivity contribution in [3.05, 3.63) is 23.5 Å². The van der Waals surface area contributed by atoms with Crippen molar-refractivity contribution in [2.24, 2.45) is 0 Å². The van der Waals surface area contributed by atoms with Crippen LogP contribution in [0.3, 0.4) is 0 Å². The molecule has 0 unspecified atom stereocenters. The highest BCUT2D eigenvalue weighted by molar-refractivity contribution is 5.88. The average Bonchev–Trinajstić information content (AvgIpc) is 2.10. The number of cyclic esters (lactones) is 1. The number of carbonyl (C=O) groups is 1. The first-order valence-corrected chi connectivity index (χ1v) is 2.81. The highest BCUT2D eigenvalue weighted by Crippen LogP contribution is 2.17. The van der Waals surface area contributed by atoms with Crippen molar-refractivity contribution < 1.29 is 9.53 Å². The largest absolute Gasteiger partial charge is 0.423 e. The standard InChI is InChI=1S/C7H8O2/c1-3-6-5(2)4-7(8)9-6/h3-4H,1-2H3/b6-3-. The Balaban J connectivity index is 2.89. The predicted molar refractivity (Wildman–Crippen MR) is 33.6 cm³/mol. The molecule has 1 heterocycles. The Morgan fingerprint density at radius 3 is 2.56 bits per heavy atom. The molecule has 0 aromatic rings. The second-order valence-corrected chi connectivity index (χ2v) is 1.90. The summed E-state index contributed by atoms with van der Waals surface area (Å²) in [5.74, 6) is 0.417. The van der Waals surface area contributed by atoms with E-state index < -0.39 is 0 Å². The summed E-state index contributed by atoms with van der Waals surface area (Å²) in [5.41, 5.74) is 0.905. The molecule has 48 valence electrons. The average molecular weight is 124 g/mol. The van der Waals surface area contributed by atoms with Crippen LogP contribution in [-0.4, -0.2) is 5.97 Å². The number of ether oxygens (including phenoxy) is 1. The van der Waals surface area contributed by atoms with Gasteiger partial charge in [0.1, 0.15) is 5.76 Å². The van der Waals surface area contributed by atoms with Crippen LogP contribution in [0.25, 0.3) is 0 Å². The summed E-state index contributed by atoms with van der Waals surface area (Å²) in [6.45, 7) is 3.69. The molecule has 2 nitrogen and oxygen atoms in total. The van der Waals surface area contributed by atoms with Crippen LogP contribution in [0.5, 0.6) is 0 Å². The van der Waals surface area contributed by atoms with Crippen molar-refractivity contribution in [1.29, 1.82) is 0 Å². The van der Waals surface area contributed by atoms with E-state index in [4.69, 9.17) is 4.74 Å². The van der Waals surface area contributed by atoms with Gasteiger partial charge in [-0.3, -0.25) is 0 Å². The lowest BCUT2D eigenvalue weighted by atomic mass is 10.2. The number of carbonyl (C=O) groups excluding carboxylic acids is 1. The van der Waals surface area contributed by atoms with Gasteiger partial charge in [-0.25, -0.2) is 4.79 Å². The molecule has 0 bridgehead atoms. The normalized spacial score (nSPS) is 22.2. The first kappa shape index (κ1) is 6.08. The van der Waals surface area contributed by atoms with E-state index in [0.717, 1.165) is 5.57 Å². The molecule has 0 aromatic heterocycles. The molecule has 2 heteroatoms. The van der Waals surface area contributed by atoms with Gasteiger partial charge >= 0.3 is 5.97 Å². The zero-order chi connectivity index (χ0) is 6.85. The molecule has 1 rings (SSSR count). The van der Waals surface area contributed by atoms with E-state index in [1.807, 2.05) is 13.8 Å². The van der Waals surface area contributed by atoms with Gasteiger partial charge in [0.2, 0.25) is 0 Å². The molecule has 0 aromatic carbocycles. The van der Waals surface area contributed by atoms with Gasteiger partial charge in [-0.15, -0.1) is 0 Å². The number of esters is 1. The Hall–Kier alpha value is -1.05. The lowest BCUT2D eigenvalue weighted by Gasteiger charge is -1.94. The topological polar surface area (TPSA) is 26.3 Å². The van der Waals surface area contributed by atoms with Crippen LogP contribution >= 0.6 is 0 Å². The van der Waals surface area contributed by atoms with Gasteiger partial charge in [0.15, 0.2) is 0 Å². The summed E-state index contributed by atoms with van der Waals surface area (Å²) in [4.78, 5) is 10.5. The van der Waals surface area contributed by atoms with Crippen LogP contribution in [0.1, 0.15) is 13.8 Å². The van der Waals surface area contributed by atoms with Gasteiger partial charge in [0, 0.05) is 6.08 Å². The van der Waals surface area contributed by atoms with E-state index in [1.165, 1.54) is 6.08 Å². The molecule has 0 N–H and O–H groups in total. The van der Waals surface area contributed by atoms with Crippen molar-refractivity contribution in [3.8, 4) is 0 Å². The Morgan fingerprint density at radius 1 is 1.67 bits per heavy atom. The zero-order valence-corrected chi connectivity index (χ0v) is 5.47. The smallest absolute Gasteiger partial charge is 0.336 e. The highest BCUT2D eigenvalue weighted by atomic mass is 16.5. The number of hydrogen-bond acceptors (Lipinski definition) is 2. The maximum Gasteiger partial charge on any atom is 0.336 e. The lowest BCUT2D eigenvalue weighted by Crippen LogP contribution is -1.89. The summed E-state index contributed by atoms with van der Waals surface area (Å²) in [5, 5.41) is 0. The summed E-state index contributed by atoms with van der Waals surface area (Å²) in [6, 6.07) is 0. The maximum absolute atomic E-state index is 10.5. The molecule has 9 heavy (non-hydrogen) atoms. The monoisotopic (exact) mass is 124 g/mol. The van der Waals surface area contributed by atoms with Crippen molar-refractivity contribution in [2.75, 3.05) is 0 Å². The maximum atomic E-state index is 10.5. The minimum Gasteiger partial charge on any atom is -0.423 e. The molecule has 0 amide bonds. The Bertz CT molecular complexity index is 199. The molecule has 0 aliphatic carbocycles. The first-order chi connectivity index (χ1) is 4.24. The molecule has 0 saturated heterocycles. The Labute approximate surface area is 53.8 Å².